The van der Waals surface area contributed by atoms with Crippen LogP contribution in [-0.2, 0) is 21.4 Å². The van der Waals surface area contributed by atoms with Crippen LogP contribution in [-0.4, -0.2) is 47.4 Å². The molecule has 0 spiro atoms. The Bertz CT molecular complexity index is 1720. The predicted octanol–water partition coefficient (Wildman–Crippen LogP) is 6.22. The van der Waals surface area contributed by atoms with Crippen molar-refractivity contribution >= 4 is 27.6 Å². The molecule has 14 heteroatoms. The third-order valence-corrected chi connectivity index (χ3v) is 10.3. The Morgan fingerprint density at radius 2 is 1.42 bits per heavy atom. The lowest BCUT2D eigenvalue weighted by atomic mass is 9.84. The maximum Gasteiger partial charge on any atom is 0.339 e. The highest BCUT2D eigenvalue weighted by molar-refractivity contribution is 7.89. The number of hydrogen-bond donors (Lipinski definition) is 2. The van der Waals surface area contributed by atoms with Crippen molar-refractivity contribution in [3.8, 4) is 5.75 Å². The standard InChI is InChI=1S/C31H29F5N2O6S/c32-24-25(33)27(35)29(28(36)26(24)34)45(43,44)38-14-4-7-22(38)30(40)37(20-12-13-21(31(41)42)23(39)15-20)16-17-8-10-19(11-9-17)18-5-2-1-3-6-18/h8-13,15,18,22,39H,1-7,14,16H2,(H,41,42)/t22-/m0/s1. The van der Waals surface area contributed by atoms with Crippen molar-refractivity contribution in [3.63, 3.8) is 0 Å². The summed E-state index contributed by atoms with van der Waals surface area (Å²) in [5.74, 6) is -15.1. The molecule has 2 fully saturated rings. The Morgan fingerprint density at radius 1 is 0.822 bits per heavy atom. The van der Waals surface area contributed by atoms with Gasteiger partial charge in [0.15, 0.2) is 28.2 Å². The van der Waals surface area contributed by atoms with E-state index in [1.165, 1.54) is 12.5 Å². The molecule has 240 valence electrons. The molecule has 1 saturated heterocycles. The third kappa shape index (κ3) is 6.12. The first kappa shape index (κ1) is 32.4. The van der Waals surface area contributed by atoms with Crippen LogP contribution in [0.1, 0.15) is 72.3 Å². The van der Waals surface area contributed by atoms with E-state index in [-0.39, 0.29) is 25.1 Å². The van der Waals surface area contributed by atoms with Gasteiger partial charge in [0.2, 0.25) is 21.7 Å². The summed E-state index contributed by atoms with van der Waals surface area (Å²) in [7, 11) is -5.43. The summed E-state index contributed by atoms with van der Waals surface area (Å²) >= 11 is 0. The molecule has 0 bridgehead atoms. The van der Waals surface area contributed by atoms with Crippen LogP contribution in [0.15, 0.2) is 47.4 Å². The van der Waals surface area contributed by atoms with Crippen LogP contribution in [0.4, 0.5) is 27.6 Å². The van der Waals surface area contributed by atoms with E-state index in [1.54, 1.807) is 12.1 Å². The molecule has 1 aliphatic heterocycles. The molecule has 1 saturated carbocycles. The maximum absolute atomic E-state index is 14.6. The lowest BCUT2D eigenvalue weighted by Crippen LogP contribution is -2.48. The van der Waals surface area contributed by atoms with Gasteiger partial charge in [-0.15, -0.1) is 0 Å². The van der Waals surface area contributed by atoms with Gasteiger partial charge in [-0.1, -0.05) is 43.5 Å². The van der Waals surface area contributed by atoms with Crippen molar-refractivity contribution in [1.29, 1.82) is 0 Å². The van der Waals surface area contributed by atoms with Gasteiger partial charge in [-0.05, 0) is 54.9 Å². The van der Waals surface area contributed by atoms with Gasteiger partial charge in [-0.3, -0.25) is 4.79 Å². The smallest absolute Gasteiger partial charge is 0.339 e. The van der Waals surface area contributed by atoms with Gasteiger partial charge < -0.3 is 15.1 Å². The van der Waals surface area contributed by atoms with Crippen molar-refractivity contribution in [3.05, 3.63) is 88.2 Å². The zero-order valence-corrected chi connectivity index (χ0v) is 24.6. The first-order chi connectivity index (χ1) is 21.3. The number of sulfonamides is 1. The van der Waals surface area contributed by atoms with Gasteiger partial charge in [0.25, 0.3) is 0 Å². The molecule has 1 heterocycles. The summed E-state index contributed by atoms with van der Waals surface area (Å²) in [5, 5.41) is 19.7. The van der Waals surface area contributed by atoms with Crippen LogP contribution in [0.5, 0.6) is 5.75 Å². The van der Waals surface area contributed by atoms with Gasteiger partial charge in [-0.2, -0.15) is 4.31 Å². The normalized spacial score (nSPS) is 17.8. The molecule has 3 aromatic rings. The molecule has 8 nitrogen and oxygen atoms in total. The van der Waals surface area contributed by atoms with E-state index in [1.807, 2.05) is 12.1 Å². The highest BCUT2D eigenvalue weighted by Crippen LogP contribution is 2.36. The summed E-state index contributed by atoms with van der Waals surface area (Å²) in [4.78, 5) is 24.5. The van der Waals surface area contributed by atoms with E-state index in [9.17, 15) is 50.2 Å². The number of aromatic carboxylic acids is 1. The fourth-order valence-electron chi connectivity index (χ4n) is 6.06. The zero-order chi connectivity index (χ0) is 32.6. The number of aromatic hydroxyl groups is 1. The van der Waals surface area contributed by atoms with E-state index < -0.39 is 79.8 Å². The first-order valence-corrected chi connectivity index (χ1v) is 15.8. The number of hydrogen-bond acceptors (Lipinski definition) is 5. The molecule has 0 radical (unpaired) electrons. The Morgan fingerprint density at radius 3 is 2.00 bits per heavy atom. The average molecular weight is 653 g/mol. The molecule has 2 aliphatic rings. The van der Waals surface area contributed by atoms with Crippen molar-refractivity contribution in [2.75, 3.05) is 11.4 Å². The summed E-state index contributed by atoms with van der Waals surface area (Å²) in [6.07, 6.45) is 5.40. The average Bonchev–Trinajstić information content (AvgIpc) is 3.53. The number of carboxylic acids is 1. The second-order valence-corrected chi connectivity index (χ2v) is 13.0. The molecule has 0 aromatic heterocycles. The molecule has 2 N–H and O–H groups in total. The number of phenols is 1. The SMILES string of the molecule is O=C(O)c1ccc(N(Cc2ccc(C3CCCCC3)cc2)C(=O)[C@@H]2CCCN2S(=O)(=O)c2c(F)c(F)c(F)c(F)c2F)cc1O. The van der Waals surface area contributed by atoms with Crippen molar-refractivity contribution in [2.45, 2.75) is 68.3 Å². The molecular formula is C31H29F5N2O6S. The number of halogens is 5. The fraction of sp³-hybridized carbons (Fsp3) is 0.355. The maximum atomic E-state index is 14.6. The number of carboxylic acid groups (broad SMARTS) is 1. The molecule has 1 atom stereocenters. The van der Waals surface area contributed by atoms with Gasteiger partial charge in [-0.25, -0.2) is 35.2 Å². The van der Waals surface area contributed by atoms with E-state index >= 15 is 0 Å². The summed E-state index contributed by atoms with van der Waals surface area (Å²) < 4.78 is 98.0. The van der Waals surface area contributed by atoms with Crippen LogP contribution < -0.4 is 4.90 Å². The number of nitrogens with zero attached hydrogens (tertiary/aromatic N) is 2. The van der Waals surface area contributed by atoms with Gasteiger partial charge >= 0.3 is 5.97 Å². The molecule has 5 rings (SSSR count). The predicted molar refractivity (Wildman–Crippen MR) is 152 cm³/mol. The van der Waals surface area contributed by atoms with E-state index in [2.05, 4.69) is 0 Å². The molecule has 1 aliphatic carbocycles. The van der Waals surface area contributed by atoms with Crippen LogP contribution in [0.25, 0.3) is 0 Å². The second-order valence-electron chi connectivity index (χ2n) is 11.2. The zero-order valence-electron chi connectivity index (χ0n) is 23.8. The second kappa shape index (κ2) is 12.8. The van der Waals surface area contributed by atoms with Gasteiger partial charge in [0.05, 0.1) is 6.54 Å². The minimum atomic E-state index is -5.43. The lowest BCUT2D eigenvalue weighted by molar-refractivity contribution is -0.121. The van der Waals surface area contributed by atoms with Crippen LogP contribution >= 0.6 is 0 Å². The monoisotopic (exact) mass is 652 g/mol. The van der Waals surface area contributed by atoms with Crippen LogP contribution in [0.3, 0.4) is 0 Å². The minimum Gasteiger partial charge on any atom is -0.507 e. The number of carbonyl (C=O) groups is 2. The summed E-state index contributed by atoms with van der Waals surface area (Å²) in [5.41, 5.74) is 1.24. The fourth-order valence-corrected chi connectivity index (χ4v) is 7.83. The highest BCUT2D eigenvalue weighted by atomic mass is 32.2. The van der Waals surface area contributed by atoms with E-state index in [0.29, 0.717) is 15.8 Å². The first-order valence-electron chi connectivity index (χ1n) is 14.3. The molecule has 45 heavy (non-hydrogen) atoms. The number of carbonyl (C=O) groups excluding carboxylic acids is 1. The van der Waals surface area contributed by atoms with Crippen molar-refractivity contribution < 1.29 is 50.2 Å². The largest absolute Gasteiger partial charge is 0.507 e. The van der Waals surface area contributed by atoms with Gasteiger partial charge in [0, 0.05) is 18.3 Å². The van der Waals surface area contributed by atoms with Crippen LogP contribution in [0, 0.1) is 29.1 Å². The lowest BCUT2D eigenvalue weighted by Gasteiger charge is -2.30. The molecule has 1 amide bonds. The third-order valence-electron chi connectivity index (χ3n) is 8.41. The molecule has 0 unspecified atom stereocenters. The molecule has 3 aromatic carbocycles. The number of anilines is 1. The number of benzene rings is 3. The topological polar surface area (TPSA) is 115 Å². The number of amides is 1. The Hall–Kier alpha value is -4.04. The minimum absolute atomic E-state index is 0.0145. The highest BCUT2D eigenvalue weighted by Gasteiger charge is 2.45. The quantitative estimate of drug-likeness (QED) is 0.170. The van der Waals surface area contributed by atoms with E-state index in [4.69, 9.17) is 0 Å². The Kier molecular flexibility index (Phi) is 9.17. The Labute approximate surface area is 255 Å². The summed E-state index contributed by atoms with van der Waals surface area (Å²) in [6.45, 7) is -0.631. The van der Waals surface area contributed by atoms with Gasteiger partial charge in [0.1, 0.15) is 17.4 Å². The summed E-state index contributed by atoms with van der Waals surface area (Å²) in [6, 6.07) is 9.10. The number of rotatable bonds is 8. The van der Waals surface area contributed by atoms with E-state index in [0.717, 1.165) is 48.3 Å². The Balaban J connectivity index is 1.52. The molecular weight excluding hydrogens is 623 g/mol. The van der Waals surface area contributed by atoms with Crippen LogP contribution in [0.2, 0.25) is 0 Å². The van der Waals surface area contributed by atoms with Crippen molar-refractivity contribution in [1.82, 2.24) is 4.31 Å². The van der Waals surface area contributed by atoms with Crippen molar-refractivity contribution in [2.24, 2.45) is 0 Å².